The van der Waals surface area contributed by atoms with Crippen molar-refractivity contribution in [2.45, 2.75) is 13.5 Å². The van der Waals surface area contributed by atoms with Crippen molar-refractivity contribution in [1.82, 2.24) is 4.90 Å². The highest BCUT2D eigenvalue weighted by molar-refractivity contribution is 6.04. The molecule has 0 atom stereocenters. The van der Waals surface area contributed by atoms with Crippen molar-refractivity contribution in [3.8, 4) is 0 Å². The molecule has 0 unspecified atom stereocenters. The summed E-state index contributed by atoms with van der Waals surface area (Å²) in [4.78, 5) is 24.1. The van der Waals surface area contributed by atoms with Crippen LogP contribution in [0.3, 0.4) is 0 Å². The largest absolute Gasteiger partial charge is 0.478 e. The molecule has 0 fully saturated rings. The normalized spacial score (nSPS) is 10.4. The Hall–Kier alpha value is -2.36. The molecule has 1 amide bonds. The van der Waals surface area contributed by atoms with E-state index in [-0.39, 0.29) is 11.5 Å². The molecule has 2 rings (SSSR count). The molecule has 0 aliphatic heterocycles. The van der Waals surface area contributed by atoms with Crippen molar-refractivity contribution in [2.75, 3.05) is 7.05 Å². The average Bonchev–Trinajstić information content (AvgIpc) is 2.38. The molecular formula is C15H15NO3. The van der Waals surface area contributed by atoms with Crippen LogP contribution in [0, 0.1) is 0 Å². The molecule has 0 bridgehead atoms. The van der Waals surface area contributed by atoms with E-state index in [2.05, 4.69) is 0 Å². The molecule has 0 aliphatic carbocycles. The lowest BCUT2D eigenvalue weighted by Crippen LogP contribution is -2.23. The number of carbonyl (C=O) groups excluding carboxylic acids is 1. The van der Waals surface area contributed by atoms with Crippen molar-refractivity contribution in [2.24, 2.45) is 0 Å². The van der Waals surface area contributed by atoms with E-state index in [0.717, 1.165) is 10.9 Å². The zero-order valence-corrected chi connectivity index (χ0v) is 10.9. The molecule has 0 aliphatic rings. The first-order valence-electron chi connectivity index (χ1n) is 5.96. The Morgan fingerprint density at radius 2 is 1.74 bits per heavy atom. The number of benzene rings is 2. The van der Waals surface area contributed by atoms with Gasteiger partial charge in [-0.2, -0.15) is 0 Å². The number of rotatable bonds is 3. The van der Waals surface area contributed by atoms with Crippen LogP contribution in [0.15, 0.2) is 36.4 Å². The summed E-state index contributed by atoms with van der Waals surface area (Å²) >= 11 is 0. The summed E-state index contributed by atoms with van der Waals surface area (Å²) in [5.74, 6) is -0.964. The molecule has 0 saturated heterocycles. The van der Waals surface area contributed by atoms with E-state index in [9.17, 15) is 14.7 Å². The van der Waals surface area contributed by atoms with Crippen molar-refractivity contribution in [3.63, 3.8) is 0 Å². The maximum atomic E-state index is 11.3. The van der Waals surface area contributed by atoms with Crippen LogP contribution in [-0.4, -0.2) is 28.9 Å². The van der Waals surface area contributed by atoms with E-state index in [1.54, 1.807) is 30.1 Å². The van der Waals surface area contributed by atoms with Gasteiger partial charge in [-0.05, 0) is 22.4 Å². The van der Waals surface area contributed by atoms with Crippen molar-refractivity contribution in [3.05, 3.63) is 47.5 Å². The summed E-state index contributed by atoms with van der Waals surface area (Å²) < 4.78 is 0. The van der Waals surface area contributed by atoms with Gasteiger partial charge in [0.1, 0.15) is 0 Å². The van der Waals surface area contributed by atoms with Crippen LogP contribution in [-0.2, 0) is 11.3 Å². The van der Waals surface area contributed by atoms with Crippen molar-refractivity contribution >= 4 is 22.6 Å². The standard InChI is InChI=1S/C15H15NO3/c1-10(17)16(2)9-11-7-8-14(15(18)19)13-6-4-3-5-12(11)13/h3-8H,9H2,1-2H3,(H,18,19). The van der Waals surface area contributed by atoms with Gasteiger partial charge in [0.05, 0.1) is 5.56 Å². The van der Waals surface area contributed by atoms with Gasteiger partial charge in [0.2, 0.25) is 5.91 Å². The molecule has 19 heavy (non-hydrogen) atoms. The highest BCUT2D eigenvalue weighted by Crippen LogP contribution is 2.24. The third-order valence-corrected chi connectivity index (χ3v) is 3.19. The van der Waals surface area contributed by atoms with E-state index in [1.165, 1.54) is 6.92 Å². The first kappa shape index (κ1) is 13.1. The smallest absolute Gasteiger partial charge is 0.336 e. The number of hydrogen-bond donors (Lipinski definition) is 1. The minimum atomic E-state index is -0.942. The number of carboxylic acids is 1. The Morgan fingerprint density at radius 1 is 1.11 bits per heavy atom. The van der Waals surface area contributed by atoms with Crippen LogP contribution >= 0.6 is 0 Å². The minimum absolute atomic E-state index is 0.0219. The number of carbonyl (C=O) groups is 2. The molecular weight excluding hydrogens is 242 g/mol. The van der Waals surface area contributed by atoms with Gasteiger partial charge in [-0.25, -0.2) is 4.79 Å². The third kappa shape index (κ3) is 2.57. The SMILES string of the molecule is CC(=O)N(C)Cc1ccc(C(=O)O)c2ccccc12. The second kappa shape index (κ2) is 5.10. The third-order valence-electron chi connectivity index (χ3n) is 3.19. The van der Waals surface area contributed by atoms with Gasteiger partial charge in [0, 0.05) is 20.5 Å². The maximum absolute atomic E-state index is 11.3. The Kier molecular flexibility index (Phi) is 3.51. The van der Waals surface area contributed by atoms with Gasteiger partial charge in [0.15, 0.2) is 0 Å². The van der Waals surface area contributed by atoms with E-state index < -0.39 is 5.97 Å². The summed E-state index contributed by atoms with van der Waals surface area (Å²) in [7, 11) is 1.72. The Morgan fingerprint density at radius 3 is 2.32 bits per heavy atom. The van der Waals surface area contributed by atoms with E-state index >= 15 is 0 Å². The Bertz CT molecular complexity index is 649. The summed E-state index contributed by atoms with van der Waals surface area (Å²) in [5.41, 5.74) is 1.23. The molecule has 0 spiro atoms. The second-order valence-corrected chi connectivity index (χ2v) is 4.50. The fourth-order valence-electron chi connectivity index (χ4n) is 2.05. The lowest BCUT2D eigenvalue weighted by atomic mass is 9.99. The average molecular weight is 257 g/mol. The van der Waals surface area contributed by atoms with Gasteiger partial charge in [-0.3, -0.25) is 4.79 Å². The number of fused-ring (bicyclic) bond motifs is 1. The first-order valence-corrected chi connectivity index (χ1v) is 5.96. The molecule has 0 aromatic heterocycles. The van der Waals surface area contributed by atoms with Crippen molar-refractivity contribution < 1.29 is 14.7 Å². The van der Waals surface area contributed by atoms with Crippen LogP contribution in [0.4, 0.5) is 0 Å². The quantitative estimate of drug-likeness (QED) is 0.919. The predicted octanol–water partition coefficient (Wildman–Crippen LogP) is 2.52. The van der Waals surface area contributed by atoms with Gasteiger partial charge in [-0.15, -0.1) is 0 Å². The number of nitrogens with zero attached hydrogens (tertiary/aromatic N) is 1. The second-order valence-electron chi connectivity index (χ2n) is 4.50. The van der Waals surface area contributed by atoms with Gasteiger partial charge in [-0.1, -0.05) is 30.3 Å². The first-order chi connectivity index (χ1) is 9.00. The molecule has 4 nitrogen and oxygen atoms in total. The van der Waals surface area contributed by atoms with Crippen LogP contribution in [0.2, 0.25) is 0 Å². The van der Waals surface area contributed by atoms with E-state index in [1.807, 2.05) is 18.2 Å². The zero-order chi connectivity index (χ0) is 14.0. The molecule has 1 N–H and O–H groups in total. The molecule has 2 aromatic rings. The monoisotopic (exact) mass is 257 g/mol. The topological polar surface area (TPSA) is 57.6 Å². The molecule has 4 heteroatoms. The minimum Gasteiger partial charge on any atom is -0.478 e. The van der Waals surface area contributed by atoms with E-state index in [0.29, 0.717) is 11.9 Å². The summed E-state index contributed by atoms with van der Waals surface area (Å²) in [5, 5.41) is 10.7. The highest BCUT2D eigenvalue weighted by atomic mass is 16.4. The highest BCUT2D eigenvalue weighted by Gasteiger charge is 2.12. The fraction of sp³-hybridized carbons (Fsp3) is 0.200. The van der Waals surface area contributed by atoms with Crippen molar-refractivity contribution in [1.29, 1.82) is 0 Å². The van der Waals surface area contributed by atoms with Crippen LogP contribution < -0.4 is 0 Å². The maximum Gasteiger partial charge on any atom is 0.336 e. The van der Waals surface area contributed by atoms with Crippen LogP contribution in [0.1, 0.15) is 22.8 Å². The predicted molar refractivity (Wildman–Crippen MR) is 73.1 cm³/mol. The number of aromatic carboxylic acids is 1. The lowest BCUT2D eigenvalue weighted by Gasteiger charge is -2.17. The van der Waals surface area contributed by atoms with E-state index in [4.69, 9.17) is 0 Å². The Balaban J connectivity index is 2.55. The van der Waals surface area contributed by atoms with Crippen LogP contribution in [0.25, 0.3) is 10.8 Å². The zero-order valence-electron chi connectivity index (χ0n) is 10.9. The summed E-state index contributed by atoms with van der Waals surface area (Å²) in [6, 6.07) is 10.7. The number of hydrogen-bond acceptors (Lipinski definition) is 2. The number of carboxylic acid groups (broad SMARTS) is 1. The summed E-state index contributed by atoms with van der Waals surface area (Å²) in [6.45, 7) is 1.98. The number of amides is 1. The molecule has 98 valence electrons. The van der Waals surface area contributed by atoms with Gasteiger partial charge in [0.25, 0.3) is 0 Å². The van der Waals surface area contributed by atoms with Crippen LogP contribution in [0.5, 0.6) is 0 Å². The molecule has 0 radical (unpaired) electrons. The molecule has 0 saturated carbocycles. The van der Waals surface area contributed by atoms with Gasteiger partial charge < -0.3 is 10.0 Å². The fourth-order valence-corrected chi connectivity index (χ4v) is 2.05. The summed E-state index contributed by atoms with van der Waals surface area (Å²) in [6.07, 6.45) is 0. The van der Waals surface area contributed by atoms with Gasteiger partial charge >= 0.3 is 5.97 Å². The molecule has 0 heterocycles. The lowest BCUT2D eigenvalue weighted by molar-refractivity contribution is -0.128. The molecule has 2 aromatic carbocycles. The Labute approximate surface area is 111 Å².